The third kappa shape index (κ3) is 11.1. The van der Waals surface area contributed by atoms with Gasteiger partial charge in [-0.25, -0.2) is 4.79 Å². The minimum atomic E-state index is -2.84. The van der Waals surface area contributed by atoms with Gasteiger partial charge in [-0.05, 0) is 12.1 Å². The molecule has 1 unspecified atom stereocenters. The number of rotatable bonds is 7. The monoisotopic (exact) mass is 358 g/mol. The van der Waals surface area contributed by atoms with Crippen LogP contribution in [0.3, 0.4) is 0 Å². The zero-order valence-electron chi connectivity index (χ0n) is 15.3. The Hall–Kier alpha value is -1.16. The third-order valence-corrected chi connectivity index (χ3v) is 7.30. The van der Waals surface area contributed by atoms with Crippen molar-refractivity contribution in [1.29, 1.82) is 0 Å². The molecule has 0 aliphatic heterocycles. The number of carbonyl (C=O) groups excluding carboxylic acids is 1. The van der Waals surface area contributed by atoms with Gasteiger partial charge in [-0.3, -0.25) is 0 Å². The zero-order valence-corrected chi connectivity index (χ0v) is 17.3. The van der Waals surface area contributed by atoms with E-state index in [4.69, 9.17) is 13.3 Å². The summed E-state index contributed by atoms with van der Waals surface area (Å²) in [6.45, 7) is 10.9. The maximum absolute atomic E-state index is 11.0. The molecule has 0 aromatic heterocycles. The fourth-order valence-electron chi connectivity index (χ4n) is 1.08. The Morgan fingerprint density at radius 1 is 1.04 bits per heavy atom. The molecule has 5 nitrogen and oxygen atoms in total. The number of para-hydroxylation sites is 1. The largest absolute Gasteiger partial charge is 0.563 e. The second kappa shape index (κ2) is 10.6. The quantitative estimate of drug-likeness (QED) is 0.548. The first-order valence-corrected chi connectivity index (χ1v) is 13.6. The lowest BCUT2D eigenvalue weighted by Gasteiger charge is -2.24. The first-order valence-electron chi connectivity index (χ1n) is 7.65. The van der Waals surface area contributed by atoms with E-state index in [1.807, 2.05) is 18.2 Å². The van der Waals surface area contributed by atoms with Gasteiger partial charge in [-0.15, -0.1) is 0 Å². The number of hydrogen-bond acceptors (Lipinski definition) is 5. The molecule has 0 aliphatic carbocycles. The Morgan fingerprint density at radius 2 is 1.57 bits per heavy atom. The van der Waals surface area contributed by atoms with Crippen molar-refractivity contribution in [2.75, 3.05) is 20.8 Å². The maximum atomic E-state index is 11.0. The van der Waals surface area contributed by atoms with E-state index in [0.717, 1.165) is 0 Å². The fourth-order valence-corrected chi connectivity index (χ4v) is 2.29. The molecule has 1 atom stereocenters. The van der Waals surface area contributed by atoms with Gasteiger partial charge in [0.05, 0.1) is 7.11 Å². The summed E-state index contributed by atoms with van der Waals surface area (Å²) in [7, 11) is -0.682. The second-order valence-electron chi connectivity index (χ2n) is 6.26. The van der Waals surface area contributed by atoms with Crippen LogP contribution in [-0.2, 0) is 18.4 Å². The Balaban J connectivity index is 0.000000688. The highest BCUT2D eigenvalue weighted by atomic mass is 28.4. The predicted molar refractivity (Wildman–Crippen MR) is 97.5 cm³/mol. The summed E-state index contributed by atoms with van der Waals surface area (Å²) in [6, 6.07) is 10.6. The fraction of sp³-hybridized carbons (Fsp3) is 0.562. The predicted octanol–water partition coefficient (Wildman–Crippen LogP) is 3.81. The van der Waals surface area contributed by atoms with Crippen LogP contribution in [-0.4, -0.2) is 43.7 Å². The average molecular weight is 359 g/mol. The van der Waals surface area contributed by atoms with E-state index >= 15 is 0 Å². The Bertz CT molecular complexity index is 448. The summed E-state index contributed by atoms with van der Waals surface area (Å²) in [5, 5.41) is 0. The summed E-state index contributed by atoms with van der Waals surface area (Å²) in [5.41, 5.74) is 0. The lowest BCUT2D eigenvalue weighted by atomic mass is 10.3. The molecule has 1 rings (SSSR count). The first kappa shape index (κ1) is 21.8. The van der Waals surface area contributed by atoms with E-state index in [2.05, 4.69) is 31.3 Å². The highest BCUT2D eigenvalue weighted by molar-refractivity contribution is 6.75. The van der Waals surface area contributed by atoms with Crippen LogP contribution in [0.4, 0.5) is 0 Å². The zero-order chi connectivity index (χ0) is 17.9. The van der Waals surface area contributed by atoms with Crippen molar-refractivity contribution in [2.45, 2.75) is 39.2 Å². The lowest BCUT2D eigenvalue weighted by Crippen LogP contribution is -2.46. The standard InChI is InChI=1S/C11H16O5Si.C5H14Si/c1-13-11(12)9-15-17(3,14-2)16-10-7-5-4-6-8-10;1-5-6(2,3)4/h4-8H,9H2,1-3H3;5H2,1-4H3. The maximum Gasteiger partial charge on any atom is 0.563 e. The molecule has 1 aromatic rings. The molecular formula is C16H30O5Si2. The van der Waals surface area contributed by atoms with Crippen LogP contribution < -0.4 is 4.43 Å². The number of ether oxygens (including phenoxy) is 1. The van der Waals surface area contributed by atoms with Crippen LogP contribution in [0.1, 0.15) is 6.92 Å². The molecule has 0 aliphatic rings. The van der Waals surface area contributed by atoms with E-state index in [1.54, 1.807) is 18.7 Å². The normalized spacial score (nSPS) is 13.3. The van der Waals surface area contributed by atoms with Crippen LogP contribution in [0.2, 0.25) is 32.2 Å². The number of carbonyl (C=O) groups is 1. The Kier molecular flexibility index (Phi) is 10.1. The first-order chi connectivity index (χ1) is 10.7. The third-order valence-electron chi connectivity index (χ3n) is 3.16. The van der Waals surface area contributed by atoms with Crippen molar-refractivity contribution in [3.8, 4) is 5.75 Å². The molecular weight excluding hydrogens is 328 g/mol. The van der Waals surface area contributed by atoms with E-state index in [9.17, 15) is 4.79 Å². The minimum Gasteiger partial charge on any atom is -0.501 e. The smallest absolute Gasteiger partial charge is 0.501 e. The van der Waals surface area contributed by atoms with E-state index in [0.29, 0.717) is 5.75 Å². The van der Waals surface area contributed by atoms with Gasteiger partial charge in [0, 0.05) is 21.7 Å². The number of esters is 1. The van der Waals surface area contributed by atoms with Crippen molar-refractivity contribution in [3.05, 3.63) is 30.3 Å². The molecule has 23 heavy (non-hydrogen) atoms. The van der Waals surface area contributed by atoms with Gasteiger partial charge in [-0.1, -0.05) is 50.8 Å². The van der Waals surface area contributed by atoms with Gasteiger partial charge in [0.1, 0.15) is 12.4 Å². The van der Waals surface area contributed by atoms with Crippen LogP contribution in [0.25, 0.3) is 0 Å². The molecule has 0 spiro atoms. The van der Waals surface area contributed by atoms with Crippen LogP contribution >= 0.6 is 0 Å². The van der Waals surface area contributed by atoms with Crippen molar-refractivity contribution in [2.24, 2.45) is 0 Å². The molecule has 0 saturated heterocycles. The van der Waals surface area contributed by atoms with Crippen molar-refractivity contribution in [1.82, 2.24) is 0 Å². The van der Waals surface area contributed by atoms with E-state index < -0.39 is 22.8 Å². The topological polar surface area (TPSA) is 54.0 Å². The molecule has 7 heteroatoms. The highest BCUT2D eigenvalue weighted by Crippen LogP contribution is 2.16. The molecule has 0 radical (unpaired) electrons. The van der Waals surface area contributed by atoms with E-state index in [1.165, 1.54) is 20.3 Å². The van der Waals surface area contributed by atoms with Crippen molar-refractivity contribution < 1.29 is 22.8 Å². The summed E-state index contributed by atoms with van der Waals surface area (Å²) < 4.78 is 20.7. The van der Waals surface area contributed by atoms with Gasteiger partial charge in [-0.2, -0.15) is 0 Å². The average Bonchev–Trinajstić information content (AvgIpc) is 2.53. The highest BCUT2D eigenvalue weighted by Gasteiger charge is 2.37. The van der Waals surface area contributed by atoms with Gasteiger partial charge in [0.25, 0.3) is 0 Å². The molecule has 0 saturated carbocycles. The van der Waals surface area contributed by atoms with Gasteiger partial charge < -0.3 is 18.0 Å². The summed E-state index contributed by atoms with van der Waals surface area (Å²) in [5.74, 6) is 0.186. The minimum absolute atomic E-state index is 0.181. The lowest BCUT2D eigenvalue weighted by molar-refractivity contribution is -0.144. The molecule has 132 valence electrons. The molecule has 0 bridgehead atoms. The number of methoxy groups -OCH3 is 1. The summed E-state index contributed by atoms with van der Waals surface area (Å²) in [4.78, 5) is 11.0. The van der Waals surface area contributed by atoms with Crippen LogP contribution in [0.5, 0.6) is 5.75 Å². The van der Waals surface area contributed by atoms with Crippen LogP contribution in [0, 0.1) is 0 Å². The molecule has 0 N–H and O–H groups in total. The van der Waals surface area contributed by atoms with Gasteiger partial charge in [0.15, 0.2) is 0 Å². The number of benzene rings is 1. The molecule has 1 aromatic carbocycles. The van der Waals surface area contributed by atoms with E-state index in [-0.39, 0.29) is 6.61 Å². The SMILES string of the molecule is CC[Si](C)(C)C.COC(=O)CO[Si](C)(OC)Oc1ccccc1. The van der Waals surface area contributed by atoms with Gasteiger partial charge in [0.2, 0.25) is 0 Å². The summed E-state index contributed by atoms with van der Waals surface area (Å²) >= 11 is 0. The Labute approximate surface area is 142 Å². The van der Waals surface area contributed by atoms with Crippen molar-refractivity contribution >= 4 is 22.8 Å². The summed E-state index contributed by atoms with van der Waals surface area (Å²) in [6.07, 6.45) is 0. The van der Waals surface area contributed by atoms with Crippen molar-refractivity contribution in [3.63, 3.8) is 0 Å². The molecule has 0 heterocycles. The molecule has 0 fully saturated rings. The second-order valence-corrected chi connectivity index (χ2v) is 14.7. The van der Waals surface area contributed by atoms with Crippen LogP contribution in [0.15, 0.2) is 30.3 Å². The molecule has 0 amide bonds. The van der Waals surface area contributed by atoms with Gasteiger partial charge >= 0.3 is 14.8 Å². The Morgan fingerprint density at radius 3 is 1.96 bits per heavy atom. The number of hydrogen-bond donors (Lipinski definition) is 0.